The number of benzene rings is 2. The van der Waals surface area contributed by atoms with E-state index in [4.69, 9.17) is 4.74 Å². The molecular formula is C26H26FN5O5S. The third kappa shape index (κ3) is 5.35. The molecule has 0 saturated carbocycles. The summed E-state index contributed by atoms with van der Waals surface area (Å²) in [6, 6.07) is 9.96. The number of pyridine rings is 1. The third-order valence-corrected chi connectivity index (χ3v) is 7.56. The molecule has 0 fully saturated rings. The molecule has 2 N–H and O–H groups in total. The molecule has 0 unspecified atom stereocenters. The maximum atomic E-state index is 13.5. The zero-order valence-corrected chi connectivity index (χ0v) is 22.0. The van der Waals surface area contributed by atoms with Crippen molar-refractivity contribution in [3.63, 3.8) is 0 Å². The predicted octanol–water partition coefficient (Wildman–Crippen LogP) is 3.10. The van der Waals surface area contributed by atoms with Crippen molar-refractivity contribution in [2.45, 2.75) is 25.3 Å². The fourth-order valence-electron chi connectivity index (χ4n) is 4.05. The standard InChI is InChI=1S/C26H26FN5O5S/c1-15-9-19(27)6-8-23(15)38(35,36)31-22-11-18(12-29-25(22)37-4)17-5-7-21-20(10-17)26(34)32(14-30-21)13-16(2)24(33)28-3/h5-12,14,16,31H,13H2,1-4H3,(H,28,33)/t16-/m0/s1. The van der Waals surface area contributed by atoms with Gasteiger partial charge in [-0.15, -0.1) is 0 Å². The number of carbonyl (C=O) groups excluding carboxylic acids is 1. The van der Waals surface area contributed by atoms with Crippen LogP contribution in [0.25, 0.3) is 22.0 Å². The van der Waals surface area contributed by atoms with Crippen molar-refractivity contribution in [3.05, 3.63) is 76.7 Å². The first-order chi connectivity index (χ1) is 18.0. The molecule has 2 heterocycles. The van der Waals surface area contributed by atoms with Gasteiger partial charge < -0.3 is 10.1 Å². The fourth-order valence-corrected chi connectivity index (χ4v) is 5.33. The summed E-state index contributed by atoms with van der Waals surface area (Å²) in [5, 5.41) is 2.89. The second kappa shape index (κ2) is 10.6. The van der Waals surface area contributed by atoms with Crippen molar-refractivity contribution in [3.8, 4) is 17.0 Å². The second-order valence-electron chi connectivity index (χ2n) is 8.75. The number of ether oxygens (including phenoxy) is 1. The number of rotatable bonds is 8. The van der Waals surface area contributed by atoms with Gasteiger partial charge in [0.1, 0.15) is 11.5 Å². The molecule has 2 aromatic heterocycles. The summed E-state index contributed by atoms with van der Waals surface area (Å²) in [5.74, 6) is -1.15. The number of nitrogens with zero attached hydrogens (tertiary/aromatic N) is 3. The van der Waals surface area contributed by atoms with Gasteiger partial charge in [0.15, 0.2) is 0 Å². The van der Waals surface area contributed by atoms with Crippen molar-refractivity contribution in [2.24, 2.45) is 5.92 Å². The Kier molecular flexibility index (Phi) is 7.44. The highest BCUT2D eigenvalue weighted by molar-refractivity contribution is 7.92. The van der Waals surface area contributed by atoms with Gasteiger partial charge in [-0.1, -0.05) is 13.0 Å². The van der Waals surface area contributed by atoms with Crippen LogP contribution < -0.4 is 20.3 Å². The Bertz CT molecular complexity index is 1700. The average molecular weight is 540 g/mol. The number of methoxy groups -OCH3 is 1. The van der Waals surface area contributed by atoms with E-state index in [1.165, 1.54) is 50.3 Å². The normalized spacial score (nSPS) is 12.2. The number of sulfonamides is 1. The third-order valence-electron chi connectivity index (χ3n) is 6.04. The molecule has 4 rings (SSSR count). The van der Waals surface area contributed by atoms with Crippen LogP contribution in [-0.4, -0.2) is 43.0 Å². The summed E-state index contributed by atoms with van der Waals surface area (Å²) in [7, 11) is -1.21. The van der Waals surface area contributed by atoms with Crippen LogP contribution in [-0.2, 0) is 21.4 Å². The van der Waals surface area contributed by atoms with Gasteiger partial charge in [-0.2, -0.15) is 0 Å². The lowest BCUT2D eigenvalue weighted by Gasteiger charge is -2.14. The van der Waals surface area contributed by atoms with E-state index in [2.05, 4.69) is 20.0 Å². The molecule has 12 heteroatoms. The number of hydrogen-bond acceptors (Lipinski definition) is 7. The van der Waals surface area contributed by atoms with E-state index in [1.807, 2.05) is 0 Å². The van der Waals surface area contributed by atoms with E-state index >= 15 is 0 Å². The number of aromatic nitrogens is 3. The summed E-state index contributed by atoms with van der Waals surface area (Å²) in [4.78, 5) is 33.5. The monoisotopic (exact) mass is 539 g/mol. The highest BCUT2D eigenvalue weighted by atomic mass is 32.2. The van der Waals surface area contributed by atoms with Gasteiger partial charge in [0.2, 0.25) is 11.8 Å². The molecule has 2 aromatic carbocycles. The van der Waals surface area contributed by atoms with E-state index in [0.29, 0.717) is 22.0 Å². The van der Waals surface area contributed by atoms with Gasteiger partial charge in [-0.3, -0.25) is 18.9 Å². The van der Waals surface area contributed by atoms with Crippen LogP contribution in [0, 0.1) is 18.7 Å². The number of anilines is 1. The first-order valence-electron chi connectivity index (χ1n) is 11.6. The minimum absolute atomic E-state index is 0.0325. The molecule has 0 aliphatic rings. The smallest absolute Gasteiger partial charge is 0.262 e. The van der Waals surface area contributed by atoms with Crippen molar-refractivity contribution >= 4 is 32.5 Å². The summed E-state index contributed by atoms with van der Waals surface area (Å²) < 4.78 is 48.7. The van der Waals surface area contributed by atoms with Crippen molar-refractivity contribution in [1.82, 2.24) is 19.9 Å². The van der Waals surface area contributed by atoms with E-state index in [1.54, 1.807) is 25.1 Å². The summed E-state index contributed by atoms with van der Waals surface area (Å²) in [6.07, 6.45) is 2.90. The highest BCUT2D eigenvalue weighted by Gasteiger charge is 2.21. The second-order valence-corrected chi connectivity index (χ2v) is 10.4. The average Bonchev–Trinajstić information content (AvgIpc) is 2.89. The van der Waals surface area contributed by atoms with Gasteiger partial charge >= 0.3 is 0 Å². The highest BCUT2D eigenvalue weighted by Crippen LogP contribution is 2.31. The van der Waals surface area contributed by atoms with E-state index < -0.39 is 21.8 Å². The van der Waals surface area contributed by atoms with Gasteiger partial charge in [0.05, 0.1) is 35.2 Å². The maximum absolute atomic E-state index is 13.5. The number of halogens is 1. The van der Waals surface area contributed by atoms with Crippen LogP contribution in [0.2, 0.25) is 0 Å². The number of amides is 1. The Morgan fingerprint density at radius 2 is 1.89 bits per heavy atom. The largest absolute Gasteiger partial charge is 0.480 e. The molecule has 38 heavy (non-hydrogen) atoms. The van der Waals surface area contributed by atoms with Gasteiger partial charge in [0.25, 0.3) is 15.6 Å². The Morgan fingerprint density at radius 3 is 2.58 bits per heavy atom. The number of hydrogen-bond donors (Lipinski definition) is 2. The minimum Gasteiger partial charge on any atom is -0.480 e. The minimum atomic E-state index is -4.09. The van der Waals surface area contributed by atoms with Crippen LogP contribution in [0.15, 0.2) is 64.7 Å². The molecule has 1 amide bonds. The van der Waals surface area contributed by atoms with E-state index in [-0.39, 0.29) is 40.0 Å². The molecule has 198 valence electrons. The molecule has 0 radical (unpaired) electrons. The molecule has 0 spiro atoms. The van der Waals surface area contributed by atoms with Crippen LogP contribution in [0.4, 0.5) is 10.1 Å². The quantitative estimate of drug-likeness (QED) is 0.352. The van der Waals surface area contributed by atoms with Crippen molar-refractivity contribution in [2.75, 3.05) is 18.9 Å². The molecule has 1 atom stereocenters. The topological polar surface area (TPSA) is 132 Å². The maximum Gasteiger partial charge on any atom is 0.262 e. The first kappa shape index (κ1) is 26.7. The Balaban J connectivity index is 1.73. The summed E-state index contributed by atoms with van der Waals surface area (Å²) in [5.41, 5.74) is 1.55. The molecule has 0 aliphatic heterocycles. The zero-order chi connectivity index (χ0) is 27.6. The fraction of sp³-hybridized carbons (Fsp3) is 0.231. The molecule has 4 aromatic rings. The summed E-state index contributed by atoms with van der Waals surface area (Å²) >= 11 is 0. The molecule has 0 bridgehead atoms. The SMILES string of the molecule is CNC(=O)[C@@H](C)Cn1cnc2ccc(-c3cnc(OC)c(NS(=O)(=O)c4ccc(F)cc4C)c3)cc2c1=O. The zero-order valence-electron chi connectivity index (χ0n) is 21.1. The van der Waals surface area contributed by atoms with Crippen LogP contribution in [0.3, 0.4) is 0 Å². The lowest BCUT2D eigenvalue weighted by Crippen LogP contribution is -2.32. The van der Waals surface area contributed by atoms with Crippen LogP contribution in [0.5, 0.6) is 5.88 Å². The van der Waals surface area contributed by atoms with E-state index in [9.17, 15) is 22.4 Å². The number of carbonyl (C=O) groups is 1. The summed E-state index contributed by atoms with van der Waals surface area (Å²) in [6.45, 7) is 3.37. The van der Waals surface area contributed by atoms with Gasteiger partial charge in [-0.05, 0) is 54.4 Å². The molecule has 10 nitrogen and oxygen atoms in total. The van der Waals surface area contributed by atoms with E-state index in [0.717, 1.165) is 12.1 Å². The van der Waals surface area contributed by atoms with Crippen LogP contribution in [0.1, 0.15) is 12.5 Å². The Morgan fingerprint density at radius 1 is 1.13 bits per heavy atom. The first-order valence-corrected chi connectivity index (χ1v) is 13.1. The van der Waals surface area contributed by atoms with Crippen molar-refractivity contribution < 1.29 is 22.3 Å². The number of aryl methyl sites for hydroxylation is 1. The number of fused-ring (bicyclic) bond motifs is 1. The van der Waals surface area contributed by atoms with Gasteiger partial charge in [-0.25, -0.2) is 22.8 Å². The van der Waals surface area contributed by atoms with Gasteiger partial charge in [0, 0.05) is 25.4 Å². The predicted molar refractivity (Wildman–Crippen MR) is 141 cm³/mol. The molecule has 0 saturated heterocycles. The Labute approximate surface area is 218 Å². The van der Waals surface area contributed by atoms with Crippen molar-refractivity contribution in [1.29, 1.82) is 0 Å². The molecule has 0 aliphatic carbocycles. The molecular weight excluding hydrogens is 513 g/mol. The lowest BCUT2D eigenvalue weighted by atomic mass is 10.0. The Hall–Kier alpha value is -4.32. The van der Waals surface area contributed by atoms with Crippen LogP contribution >= 0.6 is 0 Å². The lowest BCUT2D eigenvalue weighted by molar-refractivity contribution is -0.124. The number of nitrogens with one attached hydrogen (secondary N) is 2.